The van der Waals surface area contributed by atoms with E-state index >= 15 is 0 Å². The number of aliphatic hydroxyl groups excluding tert-OH is 1. The molecule has 0 aromatic heterocycles. The Balaban J connectivity index is 0.000000351. The van der Waals surface area contributed by atoms with Gasteiger partial charge in [-0.15, -0.1) is 0 Å². The van der Waals surface area contributed by atoms with E-state index in [2.05, 4.69) is 16.8 Å². The number of allylic oxidation sites excluding steroid dienone is 4. The molecule has 3 saturated heterocycles. The first-order valence-corrected chi connectivity index (χ1v) is 19.2. The van der Waals surface area contributed by atoms with Gasteiger partial charge in [0.1, 0.15) is 18.1 Å². The number of amides is 2. The molecule has 12 heteroatoms. The number of carboxylic acid groups (broad SMARTS) is 1. The van der Waals surface area contributed by atoms with Crippen LogP contribution in [0.4, 0.5) is 0 Å². The van der Waals surface area contributed by atoms with Crippen molar-refractivity contribution in [1.82, 2.24) is 20.0 Å². The second-order valence-electron chi connectivity index (χ2n) is 13.6. The molecule has 3 fully saturated rings. The average molecular weight is 741 g/mol. The van der Waals surface area contributed by atoms with E-state index in [-0.39, 0.29) is 29.9 Å². The quantitative estimate of drug-likeness (QED) is 0.112. The Morgan fingerprint density at radius 2 is 1.74 bits per heavy atom. The van der Waals surface area contributed by atoms with Gasteiger partial charge in [-0.2, -0.15) is 0 Å². The summed E-state index contributed by atoms with van der Waals surface area (Å²) in [5, 5.41) is 31.3. The van der Waals surface area contributed by atoms with Gasteiger partial charge in [-0.3, -0.25) is 14.9 Å². The lowest BCUT2D eigenvalue weighted by molar-refractivity contribution is -0.160. The Bertz CT molecular complexity index is 1400. The number of nitrogens with one attached hydrogen (secondary N) is 1. The molecule has 4 rings (SSSR count). The van der Waals surface area contributed by atoms with Gasteiger partial charge in [0, 0.05) is 18.8 Å². The predicted octanol–water partition coefficient (Wildman–Crippen LogP) is 4.81. The molecule has 0 saturated carbocycles. The molecule has 1 aromatic carbocycles. The third-order valence-corrected chi connectivity index (χ3v) is 9.94. The van der Waals surface area contributed by atoms with Crippen molar-refractivity contribution in [2.45, 2.75) is 142 Å². The van der Waals surface area contributed by atoms with Gasteiger partial charge in [-0.1, -0.05) is 74.6 Å². The van der Waals surface area contributed by atoms with Crippen molar-refractivity contribution in [3.8, 4) is 0 Å². The Morgan fingerprint density at radius 1 is 1.08 bits per heavy atom. The molecule has 3 heterocycles. The van der Waals surface area contributed by atoms with Crippen LogP contribution in [-0.2, 0) is 30.3 Å². The number of aryl methyl sites for hydroxylation is 1. The van der Waals surface area contributed by atoms with E-state index in [4.69, 9.17) is 4.74 Å². The van der Waals surface area contributed by atoms with Crippen molar-refractivity contribution in [1.29, 1.82) is 0 Å². The topological polar surface area (TPSA) is 160 Å². The molecule has 6 atom stereocenters. The van der Waals surface area contributed by atoms with Crippen molar-refractivity contribution in [3.63, 3.8) is 0 Å². The second kappa shape index (κ2) is 22.9. The fourth-order valence-electron chi connectivity index (χ4n) is 7.09. The number of hydrogen-bond acceptors (Lipinski definition) is 9. The smallest absolute Gasteiger partial charge is 0.328 e. The van der Waals surface area contributed by atoms with Crippen LogP contribution in [0.25, 0.3) is 0 Å². The summed E-state index contributed by atoms with van der Waals surface area (Å²) < 4.78 is 5.31. The van der Waals surface area contributed by atoms with Gasteiger partial charge in [0.2, 0.25) is 11.8 Å². The summed E-state index contributed by atoms with van der Waals surface area (Å²) in [6.07, 6.45) is 9.51. The van der Waals surface area contributed by atoms with Crippen LogP contribution in [0.3, 0.4) is 0 Å². The number of esters is 1. The van der Waals surface area contributed by atoms with Crippen LogP contribution in [0.5, 0.6) is 0 Å². The zero-order valence-corrected chi connectivity index (χ0v) is 32.9. The zero-order chi connectivity index (χ0) is 39.7. The number of carboxylic acids is 1. The Kier molecular flexibility index (Phi) is 19.5. The van der Waals surface area contributed by atoms with Crippen molar-refractivity contribution in [2.75, 3.05) is 19.7 Å². The first kappa shape index (κ1) is 45.2. The van der Waals surface area contributed by atoms with Crippen LogP contribution in [0.1, 0.15) is 99.0 Å². The van der Waals surface area contributed by atoms with E-state index in [1.807, 2.05) is 83.2 Å². The van der Waals surface area contributed by atoms with E-state index < -0.39 is 36.4 Å². The van der Waals surface area contributed by atoms with Crippen molar-refractivity contribution < 1.29 is 39.2 Å². The monoisotopic (exact) mass is 740 g/mol. The van der Waals surface area contributed by atoms with Gasteiger partial charge in [0.25, 0.3) is 0 Å². The van der Waals surface area contributed by atoms with Crippen LogP contribution in [0.15, 0.2) is 66.4 Å². The minimum Gasteiger partial charge on any atom is -0.480 e. The largest absolute Gasteiger partial charge is 0.480 e. The summed E-state index contributed by atoms with van der Waals surface area (Å²) >= 11 is 0. The highest BCUT2D eigenvalue weighted by molar-refractivity contribution is 5.90. The van der Waals surface area contributed by atoms with E-state index in [1.54, 1.807) is 18.7 Å². The molecule has 3 aliphatic rings. The normalized spacial score (nSPS) is 21.7. The summed E-state index contributed by atoms with van der Waals surface area (Å²) in [4.78, 5) is 54.8. The van der Waals surface area contributed by atoms with E-state index in [0.29, 0.717) is 45.3 Å². The average Bonchev–Trinajstić information content (AvgIpc) is 3.85. The number of aliphatic carboxylic acids is 1. The van der Waals surface area contributed by atoms with Gasteiger partial charge in [0.05, 0.1) is 24.7 Å². The van der Waals surface area contributed by atoms with Crippen molar-refractivity contribution in [2.24, 2.45) is 0 Å². The number of ether oxygens (including phenoxy) is 1. The van der Waals surface area contributed by atoms with E-state index in [1.165, 1.54) is 4.90 Å². The molecule has 0 aliphatic carbocycles. The molecule has 1 aromatic rings. The SMILES string of the molecule is C/C=C\C=C(/C)CC[C@H](N[C@@H](C)C(=O)N1CCC[C@H]1C(=O)O)C(O)O.C=C1[C@H](C)N([C@@H](CCc2ccccc2)C(=O)OCC)C(=O)C2CCCN12.CC. The number of fused-ring (bicyclic) bond motifs is 1. The number of benzene rings is 1. The Morgan fingerprint density at radius 3 is 2.34 bits per heavy atom. The summed E-state index contributed by atoms with van der Waals surface area (Å²) in [5.74, 6) is -1.60. The molecule has 2 amide bonds. The second-order valence-corrected chi connectivity index (χ2v) is 13.6. The molecule has 3 aliphatic heterocycles. The molecule has 296 valence electrons. The zero-order valence-electron chi connectivity index (χ0n) is 32.9. The van der Waals surface area contributed by atoms with Gasteiger partial charge in [-0.05, 0) is 91.5 Å². The first-order valence-electron chi connectivity index (χ1n) is 19.2. The third kappa shape index (κ3) is 12.8. The van der Waals surface area contributed by atoms with Crippen molar-refractivity contribution >= 4 is 23.8 Å². The van der Waals surface area contributed by atoms with Crippen molar-refractivity contribution in [3.05, 3.63) is 72.0 Å². The maximum atomic E-state index is 13.2. The fourth-order valence-corrected chi connectivity index (χ4v) is 7.09. The van der Waals surface area contributed by atoms with Crippen LogP contribution in [0, 0.1) is 0 Å². The lowest BCUT2D eigenvalue weighted by Crippen LogP contribution is -2.62. The highest BCUT2D eigenvalue weighted by Crippen LogP contribution is 2.34. The molecule has 0 spiro atoms. The predicted molar refractivity (Wildman–Crippen MR) is 206 cm³/mol. The highest BCUT2D eigenvalue weighted by Gasteiger charge is 2.47. The van der Waals surface area contributed by atoms with Gasteiger partial charge in [-0.25, -0.2) is 9.59 Å². The number of nitrogens with zero attached hydrogens (tertiary/aromatic N) is 3. The Labute approximate surface area is 316 Å². The lowest BCUT2D eigenvalue weighted by atomic mass is 9.97. The summed E-state index contributed by atoms with van der Waals surface area (Å²) in [6.45, 7) is 19.1. The van der Waals surface area contributed by atoms with E-state index in [9.17, 15) is 34.5 Å². The molecule has 4 N–H and O–H groups in total. The van der Waals surface area contributed by atoms with Crippen LogP contribution >= 0.6 is 0 Å². The molecule has 53 heavy (non-hydrogen) atoms. The molecule has 1 unspecified atom stereocenters. The molecule has 12 nitrogen and oxygen atoms in total. The summed E-state index contributed by atoms with van der Waals surface area (Å²) in [7, 11) is 0. The molecule has 0 bridgehead atoms. The number of aliphatic hydroxyl groups is 2. The third-order valence-electron chi connectivity index (χ3n) is 9.94. The van der Waals surface area contributed by atoms with Crippen LogP contribution in [-0.4, -0.2) is 116 Å². The summed E-state index contributed by atoms with van der Waals surface area (Å²) in [6, 6.07) is 6.95. The number of rotatable bonds is 15. The minimum atomic E-state index is -1.60. The molecular weight excluding hydrogens is 676 g/mol. The molecular formula is C41H64N4O8. The number of carbonyl (C=O) groups excluding carboxylic acids is 3. The maximum Gasteiger partial charge on any atom is 0.328 e. The minimum absolute atomic E-state index is 0.0357. The number of likely N-dealkylation sites (tertiary alicyclic amines) is 1. The van der Waals surface area contributed by atoms with Gasteiger partial charge < -0.3 is 34.8 Å². The summed E-state index contributed by atoms with van der Waals surface area (Å²) in [5.41, 5.74) is 3.18. The van der Waals surface area contributed by atoms with Gasteiger partial charge >= 0.3 is 11.9 Å². The van der Waals surface area contributed by atoms with Gasteiger partial charge in [0.15, 0.2) is 6.29 Å². The number of carbonyl (C=O) groups is 4. The van der Waals surface area contributed by atoms with Crippen LogP contribution in [0.2, 0.25) is 0 Å². The maximum absolute atomic E-state index is 13.2. The van der Waals surface area contributed by atoms with Crippen LogP contribution < -0.4 is 5.32 Å². The molecule has 0 radical (unpaired) electrons. The highest BCUT2D eigenvalue weighted by atomic mass is 16.5. The lowest BCUT2D eigenvalue weighted by Gasteiger charge is -2.46. The fraction of sp³-hybridized carbons (Fsp3) is 0.610. The number of hydrogen-bond donors (Lipinski definition) is 4. The van der Waals surface area contributed by atoms with E-state index in [0.717, 1.165) is 42.6 Å². The Hall–Kier alpha value is -4.00. The number of piperazine rings is 1. The standard InChI is InChI=1S/C21H28N2O3.C18H30N2O5.C2H6/c1-4-26-21(25)19(13-12-17-9-6-5-7-10-17)23-16(3)15(2)22-14-8-11-18(22)20(23)24;1-4-5-7-12(2)9-10-14(17(22)23)19-13(3)16(21)20-11-6-8-15(20)18(24)25;1-2/h5-7,9-10,16,18-19H,2,4,8,11-14H2,1,3H3;4-5,7,13-15,17,19,22-23H,6,8-11H2,1-3H3,(H,24,25);1-2H3/b;5-4-,12-7+;/t16-,18?,19-;13-,14-,15-;/m00./s1. The first-order chi connectivity index (χ1) is 25.3.